The monoisotopic (exact) mass is 457 g/mol. The third-order valence-corrected chi connectivity index (χ3v) is 5.95. The van der Waals surface area contributed by atoms with E-state index in [9.17, 15) is 18.0 Å². The highest BCUT2D eigenvalue weighted by Crippen LogP contribution is 2.21. The minimum atomic E-state index is -4.76. The van der Waals surface area contributed by atoms with Crippen LogP contribution in [0.4, 0.5) is 13.2 Å². The summed E-state index contributed by atoms with van der Waals surface area (Å²) >= 11 is 0. The van der Waals surface area contributed by atoms with Crippen LogP contribution < -0.4 is 4.74 Å². The molecule has 0 aliphatic heterocycles. The molecule has 0 aliphatic carbocycles. The van der Waals surface area contributed by atoms with Gasteiger partial charge in [-0.15, -0.1) is 0 Å². The highest BCUT2D eigenvalue weighted by molar-refractivity contribution is 5.84. The summed E-state index contributed by atoms with van der Waals surface area (Å²) in [6.45, 7) is 2.81. The van der Waals surface area contributed by atoms with Crippen molar-refractivity contribution in [2.75, 3.05) is 20.7 Å². The van der Waals surface area contributed by atoms with Crippen molar-refractivity contribution in [2.45, 2.75) is 103 Å². The Kier molecular flexibility index (Phi) is 14.3. The Bertz CT molecular complexity index is 632. The molecule has 184 valence electrons. The molecule has 0 heterocycles. The van der Waals surface area contributed by atoms with Gasteiger partial charge in [0.25, 0.3) is 0 Å². The molecule has 1 unspecified atom stereocenters. The molecule has 0 N–H and O–H groups in total. The maximum atomic E-state index is 12.4. The maximum Gasteiger partial charge on any atom is 0.449 e. The third kappa shape index (κ3) is 13.1. The molecule has 0 saturated heterocycles. The van der Waals surface area contributed by atoms with E-state index in [1.165, 1.54) is 57.8 Å². The summed E-state index contributed by atoms with van der Waals surface area (Å²) in [6, 6.07) is 7.47. The Morgan fingerprint density at radius 2 is 1.59 bits per heavy atom. The van der Waals surface area contributed by atoms with E-state index in [4.69, 9.17) is 4.74 Å². The van der Waals surface area contributed by atoms with Crippen molar-refractivity contribution in [3.8, 4) is 5.75 Å². The molecule has 0 saturated carbocycles. The van der Waals surface area contributed by atoms with Gasteiger partial charge >= 0.3 is 6.18 Å². The second-order valence-electron chi connectivity index (χ2n) is 8.94. The number of rotatable bonds is 18. The van der Waals surface area contributed by atoms with E-state index in [0.29, 0.717) is 24.0 Å². The number of hydrogen-bond donors (Lipinski definition) is 0. The summed E-state index contributed by atoms with van der Waals surface area (Å²) < 4.78 is 43.0. The van der Waals surface area contributed by atoms with Crippen molar-refractivity contribution in [1.82, 2.24) is 4.90 Å². The van der Waals surface area contributed by atoms with Gasteiger partial charge in [-0.2, -0.15) is 13.2 Å². The van der Waals surface area contributed by atoms with Gasteiger partial charge in [-0.05, 0) is 51.1 Å². The van der Waals surface area contributed by atoms with Gasteiger partial charge in [0.2, 0.25) is 5.78 Å². The zero-order chi connectivity index (χ0) is 23.8. The molecule has 0 aliphatic rings. The first-order chi connectivity index (χ1) is 15.2. The van der Waals surface area contributed by atoms with Crippen LogP contribution in [0.1, 0.15) is 89.5 Å². The minimum absolute atomic E-state index is 0.0640. The highest BCUT2D eigenvalue weighted by atomic mass is 19.4. The molecule has 0 radical (unpaired) electrons. The van der Waals surface area contributed by atoms with Gasteiger partial charge in [0, 0.05) is 12.5 Å². The summed E-state index contributed by atoms with van der Waals surface area (Å²) in [5.74, 6) is -1.04. The molecule has 32 heavy (non-hydrogen) atoms. The van der Waals surface area contributed by atoms with Gasteiger partial charge in [0.05, 0.1) is 6.61 Å². The lowest BCUT2D eigenvalue weighted by Crippen LogP contribution is -2.29. The molecular weight excluding hydrogens is 415 g/mol. The number of carbonyl (C=O) groups is 1. The fourth-order valence-corrected chi connectivity index (χ4v) is 3.85. The first-order valence-electron chi connectivity index (χ1n) is 12.2. The van der Waals surface area contributed by atoms with Gasteiger partial charge in [0.15, 0.2) is 0 Å². The lowest BCUT2D eigenvalue weighted by molar-refractivity contribution is -0.171. The Hall–Kier alpha value is -1.56. The van der Waals surface area contributed by atoms with Gasteiger partial charge in [-0.25, -0.2) is 0 Å². The number of hydrogen-bond acceptors (Lipinski definition) is 3. The number of halogens is 3. The van der Waals surface area contributed by atoms with Crippen LogP contribution >= 0.6 is 0 Å². The molecule has 1 atom stereocenters. The van der Waals surface area contributed by atoms with E-state index in [1.807, 2.05) is 0 Å². The maximum absolute atomic E-state index is 12.4. The molecule has 0 bridgehead atoms. The molecule has 6 heteroatoms. The summed E-state index contributed by atoms with van der Waals surface area (Å²) in [5, 5.41) is 0. The number of Topliss-reactive ketones (excluding diaryl/α,β-unsaturated/α-hetero) is 1. The van der Waals surface area contributed by atoms with E-state index in [0.717, 1.165) is 12.8 Å². The predicted octanol–water partition coefficient (Wildman–Crippen LogP) is 7.37. The van der Waals surface area contributed by atoms with Crippen molar-refractivity contribution in [3.63, 3.8) is 0 Å². The molecule has 1 aromatic carbocycles. The van der Waals surface area contributed by atoms with Crippen molar-refractivity contribution < 1.29 is 22.7 Å². The second kappa shape index (κ2) is 16.1. The summed E-state index contributed by atoms with van der Waals surface area (Å²) in [5.41, 5.74) is 0.680. The first kappa shape index (κ1) is 28.5. The second-order valence-corrected chi connectivity index (χ2v) is 8.94. The molecule has 0 spiro atoms. The molecule has 0 fully saturated rings. The Balaban J connectivity index is 2.28. The van der Waals surface area contributed by atoms with E-state index >= 15 is 0 Å². The van der Waals surface area contributed by atoms with Gasteiger partial charge in [0.1, 0.15) is 5.75 Å². The SMILES string of the molecule is CCCCCCCCCCCC(CCOc1cccc(CCC(=O)C(F)(F)F)c1)N(C)C. The van der Waals surface area contributed by atoms with Crippen LogP contribution in [0, 0.1) is 0 Å². The Morgan fingerprint density at radius 1 is 0.969 bits per heavy atom. The fraction of sp³-hybridized carbons (Fsp3) is 0.731. The zero-order valence-corrected chi connectivity index (χ0v) is 20.2. The summed E-state index contributed by atoms with van der Waals surface area (Å²) in [4.78, 5) is 13.3. The topological polar surface area (TPSA) is 29.5 Å². The average molecular weight is 458 g/mol. The lowest BCUT2D eigenvalue weighted by Gasteiger charge is -2.24. The number of nitrogens with zero attached hydrogens (tertiary/aromatic N) is 1. The number of ether oxygens (including phenoxy) is 1. The lowest BCUT2D eigenvalue weighted by atomic mass is 10.0. The van der Waals surface area contributed by atoms with E-state index in [-0.39, 0.29) is 6.42 Å². The molecule has 1 rings (SSSR count). The highest BCUT2D eigenvalue weighted by Gasteiger charge is 2.37. The van der Waals surface area contributed by atoms with Gasteiger partial charge in [-0.3, -0.25) is 4.79 Å². The molecule has 0 aromatic heterocycles. The number of ketones is 1. The summed E-state index contributed by atoms with van der Waals surface area (Å²) in [6.07, 6.45) is 8.71. The average Bonchev–Trinajstić information content (AvgIpc) is 2.74. The zero-order valence-electron chi connectivity index (χ0n) is 20.2. The molecule has 3 nitrogen and oxygen atoms in total. The minimum Gasteiger partial charge on any atom is -0.494 e. The number of benzene rings is 1. The number of carbonyl (C=O) groups excluding carboxylic acids is 1. The van der Waals surface area contributed by atoms with Gasteiger partial charge in [-0.1, -0.05) is 76.8 Å². The smallest absolute Gasteiger partial charge is 0.449 e. The number of alkyl halides is 3. The Labute approximate surface area is 192 Å². The van der Waals surface area contributed by atoms with E-state index in [1.54, 1.807) is 24.3 Å². The van der Waals surface area contributed by atoms with Crippen LogP contribution in [0.25, 0.3) is 0 Å². The standard InChI is InChI=1S/C26H42F3NO2/c1-4-5-6-7-8-9-10-11-12-15-23(30(2)3)19-20-32-24-16-13-14-22(21-24)17-18-25(31)26(27,28)29/h13-14,16,21,23H,4-12,15,17-20H2,1-3H3. The van der Waals surface area contributed by atoms with Crippen LogP contribution in [-0.4, -0.2) is 43.6 Å². The first-order valence-corrected chi connectivity index (χ1v) is 12.2. The molecule has 0 amide bonds. The van der Waals surface area contributed by atoms with E-state index < -0.39 is 18.4 Å². The fourth-order valence-electron chi connectivity index (χ4n) is 3.85. The van der Waals surface area contributed by atoms with Crippen molar-refractivity contribution >= 4 is 5.78 Å². The van der Waals surface area contributed by atoms with Crippen LogP contribution in [0.2, 0.25) is 0 Å². The van der Waals surface area contributed by atoms with Crippen molar-refractivity contribution in [1.29, 1.82) is 0 Å². The molecule has 1 aromatic rings. The van der Waals surface area contributed by atoms with Crippen LogP contribution in [0.3, 0.4) is 0 Å². The van der Waals surface area contributed by atoms with Crippen molar-refractivity contribution in [3.05, 3.63) is 29.8 Å². The quantitative estimate of drug-likeness (QED) is 0.216. The predicted molar refractivity (Wildman–Crippen MR) is 125 cm³/mol. The Morgan fingerprint density at radius 3 is 2.19 bits per heavy atom. The summed E-state index contributed by atoms with van der Waals surface area (Å²) in [7, 11) is 4.19. The third-order valence-electron chi connectivity index (χ3n) is 5.95. The van der Waals surface area contributed by atoms with Crippen LogP contribution in [0.15, 0.2) is 24.3 Å². The van der Waals surface area contributed by atoms with Crippen molar-refractivity contribution in [2.24, 2.45) is 0 Å². The van der Waals surface area contributed by atoms with Gasteiger partial charge < -0.3 is 9.64 Å². The molecular formula is C26H42F3NO2. The van der Waals surface area contributed by atoms with Crippen LogP contribution in [-0.2, 0) is 11.2 Å². The number of aryl methyl sites for hydroxylation is 1. The number of unbranched alkanes of at least 4 members (excludes halogenated alkanes) is 8. The normalized spacial score (nSPS) is 12.8. The van der Waals surface area contributed by atoms with Crippen LogP contribution in [0.5, 0.6) is 5.75 Å². The van der Waals surface area contributed by atoms with E-state index in [2.05, 4.69) is 25.9 Å². The largest absolute Gasteiger partial charge is 0.494 e.